The number of hydrogen-bond acceptors (Lipinski definition) is 3. The molecule has 0 bridgehead atoms. The van der Waals surface area contributed by atoms with E-state index >= 15 is 0 Å². The van der Waals surface area contributed by atoms with E-state index in [1.807, 2.05) is 30.3 Å². The van der Waals surface area contributed by atoms with E-state index in [4.69, 9.17) is 27.9 Å². The zero-order valence-corrected chi connectivity index (χ0v) is 17.6. The minimum atomic E-state index is -0.130. The van der Waals surface area contributed by atoms with Crippen molar-refractivity contribution in [2.24, 2.45) is 5.10 Å². The van der Waals surface area contributed by atoms with E-state index < -0.39 is 0 Å². The molecule has 0 fully saturated rings. The molecule has 1 amide bonds. The number of carbonyl (C=O) groups excluding carboxylic acids is 1. The topological polar surface area (TPSA) is 50.7 Å². The molecule has 0 unspecified atom stereocenters. The lowest BCUT2D eigenvalue weighted by Gasteiger charge is -2.09. The van der Waals surface area contributed by atoms with E-state index in [1.165, 1.54) is 0 Å². The lowest BCUT2D eigenvalue weighted by atomic mass is 10.0. The molecule has 0 aliphatic heterocycles. The summed E-state index contributed by atoms with van der Waals surface area (Å²) in [5, 5.41) is 5.38. The molecule has 0 atom stereocenters. The van der Waals surface area contributed by atoms with Gasteiger partial charge in [-0.15, -0.1) is 0 Å². The van der Waals surface area contributed by atoms with E-state index in [0.717, 1.165) is 37.0 Å². The summed E-state index contributed by atoms with van der Waals surface area (Å²) in [5.41, 5.74) is 4.63. The van der Waals surface area contributed by atoms with E-state index in [1.54, 1.807) is 18.2 Å². The van der Waals surface area contributed by atoms with Gasteiger partial charge in [0, 0.05) is 11.4 Å². The molecule has 0 aliphatic rings. The van der Waals surface area contributed by atoms with Crippen LogP contribution in [0, 0.1) is 0 Å². The molecule has 0 saturated carbocycles. The van der Waals surface area contributed by atoms with Crippen LogP contribution in [-0.2, 0) is 4.79 Å². The number of carbonyl (C=O) groups is 1. The van der Waals surface area contributed by atoms with Crippen LogP contribution in [0.3, 0.4) is 0 Å². The Bertz CT molecular complexity index is 779. The molecule has 0 radical (unpaired) electrons. The quantitative estimate of drug-likeness (QED) is 0.265. The molecule has 4 nitrogen and oxygen atoms in total. The summed E-state index contributed by atoms with van der Waals surface area (Å²) in [6.07, 6.45) is 5.07. The summed E-state index contributed by atoms with van der Waals surface area (Å²) in [6, 6.07) is 15.0. The second-order valence-corrected chi connectivity index (χ2v) is 7.29. The smallest absolute Gasteiger partial charge is 0.240 e. The highest BCUT2D eigenvalue weighted by atomic mass is 35.5. The minimum absolute atomic E-state index is 0.130. The van der Waals surface area contributed by atoms with Gasteiger partial charge in [0.1, 0.15) is 5.75 Å². The molecule has 150 valence electrons. The maximum atomic E-state index is 12.1. The van der Waals surface area contributed by atoms with Crippen LogP contribution in [0.4, 0.5) is 0 Å². The normalized spacial score (nSPS) is 11.3. The summed E-state index contributed by atoms with van der Waals surface area (Å²) in [4.78, 5) is 12.1. The standard InChI is InChI=1S/C22H26Cl2N2O2/c1-2-3-5-11-20(17-9-6-4-7-10-17)25-26-22(27)12-8-15-28-21-14-13-18(23)16-19(21)24/h4,6-7,9-10,13-14,16H,2-3,5,8,11-12,15H2,1H3,(H,26,27). The van der Waals surface area contributed by atoms with Crippen LogP contribution in [0.2, 0.25) is 10.0 Å². The van der Waals surface area contributed by atoms with Crippen LogP contribution in [0.15, 0.2) is 53.6 Å². The summed E-state index contributed by atoms with van der Waals surface area (Å²) < 4.78 is 5.60. The number of hydrazone groups is 1. The molecule has 2 aromatic carbocycles. The first-order chi connectivity index (χ1) is 13.6. The van der Waals surface area contributed by atoms with Gasteiger partial charge in [-0.3, -0.25) is 4.79 Å². The zero-order valence-electron chi connectivity index (χ0n) is 16.1. The van der Waals surface area contributed by atoms with Crippen LogP contribution < -0.4 is 10.2 Å². The first-order valence-corrected chi connectivity index (χ1v) is 10.3. The molecule has 0 heterocycles. The SMILES string of the molecule is CCCCCC(=NNC(=O)CCCOc1ccc(Cl)cc1Cl)c1ccccc1. The Labute approximate surface area is 176 Å². The average molecular weight is 421 g/mol. The fourth-order valence-electron chi connectivity index (χ4n) is 2.63. The summed E-state index contributed by atoms with van der Waals surface area (Å²) >= 11 is 11.9. The zero-order chi connectivity index (χ0) is 20.2. The Hall–Kier alpha value is -2.04. The molecule has 6 heteroatoms. The fraction of sp³-hybridized carbons (Fsp3) is 0.364. The Morgan fingerprint density at radius 3 is 2.54 bits per heavy atom. The number of rotatable bonds is 11. The first-order valence-electron chi connectivity index (χ1n) is 9.59. The Morgan fingerprint density at radius 2 is 1.82 bits per heavy atom. The lowest BCUT2D eigenvalue weighted by molar-refractivity contribution is -0.121. The molecular weight excluding hydrogens is 395 g/mol. The predicted molar refractivity (Wildman–Crippen MR) is 116 cm³/mol. The van der Waals surface area contributed by atoms with Crippen LogP contribution in [0.1, 0.15) is 51.0 Å². The van der Waals surface area contributed by atoms with Gasteiger partial charge >= 0.3 is 0 Å². The van der Waals surface area contributed by atoms with Crippen molar-refractivity contribution in [3.63, 3.8) is 0 Å². The van der Waals surface area contributed by atoms with Crippen molar-refractivity contribution < 1.29 is 9.53 Å². The highest BCUT2D eigenvalue weighted by Crippen LogP contribution is 2.27. The van der Waals surface area contributed by atoms with Crippen molar-refractivity contribution in [3.05, 3.63) is 64.1 Å². The monoisotopic (exact) mass is 420 g/mol. The van der Waals surface area contributed by atoms with Crippen molar-refractivity contribution in [3.8, 4) is 5.75 Å². The van der Waals surface area contributed by atoms with Gasteiger partial charge in [0.2, 0.25) is 5.91 Å². The Morgan fingerprint density at radius 1 is 1.04 bits per heavy atom. The maximum absolute atomic E-state index is 12.1. The van der Waals surface area contributed by atoms with Crippen molar-refractivity contribution in [1.82, 2.24) is 5.43 Å². The number of amides is 1. The lowest BCUT2D eigenvalue weighted by Crippen LogP contribution is -2.20. The van der Waals surface area contributed by atoms with E-state index in [0.29, 0.717) is 35.2 Å². The van der Waals surface area contributed by atoms with E-state index in [2.05, 4.69) is 17.5 Å². The summed E-state index contributed by atoms with van der Waals surface area (Å²) in [5.74, 6) is 0.432. The van der Waals surface area contributed by atoms with Gasteiger partial charge < -0.3 is 4.74 Å². The van der Waals surface area contributed by atoms with Gasteiger partial charge in [-0.2, -0.15) is 5.10 Å². The van der Waals surface area contributed by atoms with Crippen molar-refractivity contribution in [1.29, 1.82) is 0 Å². The maximum Gasteiger partial charge on any atom is 0.240 e. The Balaban J connectivity index is 1.80. The number of halogens is 2. The third-order valence-corrected chi connectivity index (χ3v) is 4.67. The largest absolute Gasteiger partial charge is 0.492 e. The predicted octanol–water partition coefficient (Wildman–Crippen LogP) is 6.25. The van der Waals surface area contributed by atoms with Crippen LogP contribution in [0.25, 0.3) is 0 Å². The van der Waals surface area contributed by atoms with Crippen molar-refractivity contribution in [2.75, 3.05) is 6.61 Å². The second-order valence-electron chi connectivity index (χ2n) is 6.44. The first kappa shape index (κ1) is 22.3. The number of benzene rings is 2. The van der Waals surface area contributed by atoms with Crippen LogP contribution in [-0.4, -0.2) is 18.2 Å². The van der Waals surface area contributed by atoms with Gasteiger partial charge in [0.25, 0.3) is 0 Å². The van der Waals surface area contributed by atoms with Crippen LogP contribution in [0.5, 0.6) is 5.75 Å². The van der Waals surface area contributed by atoms with Gasteiger partial charge in [-0.1, -0.05) is 73.3 Å². The third-order valence-electron chi connectivity index (χ3n) is 4.14. The minimum Gasteiger partial charge on any atom is -0.492 e. The van der Waals surface area contributed by atoms with Gasteiger partial charge in [-0.05, 0) is 43.0 Å². The van der Waals surface area contributed by atoms with E-state index in [9.17, 15) is 4.79 Å². The van der Waals surface area contributed by atoms with Crippen molar-refractivity contribution in [2.45, 2.75) is 45.4 Å². The molecule has 0 aliphatic carbocycles. The molecule has 0 spiro atoms. The van der Waals surface area contributed by atoms with Crippen LogP contribution >= 0.6 is 23.2 Å². The van der Waals surface area contributed by atoms with Crippen molar-refractivity contribution >= 4 is 34.8 Å². The molecule has 0 aromatic heterocycles. The highest BCUT2D eigenvalue weighted by molar-refractivity contribution is 6.35. The van der Waals surface area contributed by atoms with Gasteiger partial charge in [0.15, 0.2) is 0 Å². The number of nitrogens with one attached hydrogen (secondary N) is 1. The number of nitrogens with zero attached hydrogens (tertiary/aromatic N) is 1. The molecule has 1 N–H and O–H groups in total. The van der Waals surface area contributed by atoms with Gasteiger partial charge in [0.05, 0.1) is 17.3 Å². The summed E-state index contributed by atoms with van der Waals surface area (Å²) in [6.45, 7) is 2.56. The third kappa shape index (κ3) is 7.91. The fourth-order valence-corrected chi connectivity index (χ4v) is 3.09. The molecule has 0 saturated heterocycles. The number of hydrogen-bond donors (Lipinski definition) is 1. The second kappa shape index (κ2) is 12.4. The molecule has 28 heavy (non-hydrogen) atoms. The summed E-state index contributed by atoms with van der Waals surface area (Å²) in [7, 11) is 0. The Kier molecular flexibility index (Phi) is 9.87. The molecule has 2 aromatic rings. The number of unbranched alkanes of at least 4 members (excludes halogenated alkanes) is 2. The van der Waals surface area contributed by atoms with E-state index in [-0.39, 0.29) is 5.91 Å². The molecule has 2 rings (SSSR count). The van der Waals surface area contributed by atoms with Gasteiger partial charge in [-0.25, -0.2) is 5.43 Å². The molecular formula is C22H26Cl2N2O2. The highest BCUT2D eigenvalue weighted by Gasteiger charge is 2.07. The number of ether oxygens (including phenoxy) is 1. The average Bonchev–Trinajstić information content (AvgIpc) is 2.70.